The summed E-state index contributed by atoms with van der Waals surface area (Å²) in [5, 5.41) is 2.95. The Morgan fingerprint density at radius 2 is 1.69 bits per heavy atom. The molecular weight excluding hydrogens is 504 g/mol. The number of fused-ring (bicyclic) bond motifs is 3. The molecule has 1 aliphatic carbocycles. The van der Waals surface area contributed by atoms with Gasteiger partial charge in [0.25, 0.3) is 0 Å². The van der Waals surface area contributed by atoms with Crippen LogP contribution in [0.5, 0.6) is 0 Å². The van der Waals surface area contributed by atoms with E-state index in [1.165, 1.54) is 0 Å². The summed E-state index contributed by atoms with van der Waals surface area (Å²) in [6.45, 7) is 2.51. The molecular formula is C29H35F2N5O3. The first-order chi connectivity index (χ1) is 18.8. The number of nitrogens with one attached hydrogen (secondary N) is 1. The van der Waals surface area contributed by atoms with E-state index in [0.29, 0.717) is 45.4 Å². The van der Waals surface area contributed by atoms with Crippen LogP contribution in [0.15, 0.2) is 42.5 Å². The maximum Gasteiger partial charge on any atom is 0.410 e. The Morgan fingerprint density at radius 1 is 0.974 bits per heavy atom. The van der Waals surface area contributed by atoms with Crippen LogP contribution in [0.3, 0.4) is 0 Å². The number of hydrogen-bond acceptors (Lipinski definition) is 5. The summed E-state index contributed by atoms with van der Waals surface area (Å²) in [6, 6.07) is 13.8. The highest BCUT2D eigenvalue weighted by molar-refractivity contribution is 5.75. The lowest BCUT2D eigenvalue weighted by Gasteiger charge is -2.41. The molecule has 6 rings (SSSR count). The van der Waals surface area contributed by atoms with Gasteiger partial charge in [0.15, 0.2) is 0 Å². The van der Waals surface area contributed by atoms with E-state index >= 15 is 0 Å². The van der Waals surface area contributed by atoms with Gasteiger partial charge in [-0.3, -0.25) is 0 Å². The average Bonchev–Trinajstić information content (AvgIpc) is 3.21. The van der Waals surface area contributed by atoms with Crippen molar-refractivity contribution in [3.8, 4) is 0 Å². The average molecular weight is 540 g/mol. The highest BCUT2D eigenvalue weighted by Gasteiger charge is 2.43. The molecule has 3 aliphatic heterocycles. The molecule has 8 nitrogen and oxygen atoms in total. The van der Waals surface area contributed by atoms with Crippen molar-refractivity contribution in [2.75, 3.05) is 24.5 Å². The number of carbonyl (C=O) groups is 2. The van der Waals surface area contributed by atoms with Crippen LogP contribution in [-0.2, 0) is 24.3 Å². The molecule has 208 valence electrons. The first kappa shape index (κ1) is 25.8. The summed E-state index contributed by atoms with van der Waals surface area (Å²) in [5.74, 6) is -1.67. The number of urea groups is 1. The van der Waals surface area contributed by atoms with Crippen LogP contribution in [0.25, 0.3) is 0 Å². The number of anilines is 1. The van der Waals surface area contributed by atoms with Crippen molar-refractivity contribution in [3.63, 3.8) is 0 Å². The number of piperazine rings is 1. The van der Waals surface area contributed by atoms with Gasteiger partial charge < -0.3 is 24.8 Å². The number of halogens is 2. The van der Waals surface area contributed by atoms with Gasteiger partial charge in [-0.1, -0.05) is 36.4 Å². The van der Waals surface area contributed by atoms with Gasteiger partial charge in [0.05, 0.1) is 0 Å². The molecule has 2 bridgehead atoms. The lowest BCUT2D eigenvalue weighted by Crippen LogP contribution is -2.56. The minimum absolute atomic E-state index is 0.168. The smallest absolute Gasteiger partial charge is 0.410 e. The van der Waals surface area contributed by atoms with Gasteiger partial charge in [0.1, 0.15) is 12.4 Å². The Hall–Kier alpha value is -3.43. The van der Waals surface area contributed by atoms with Crippen LogP contribution < -0.4 is 10.2 Å². The maximum atomic E-state index is 13.4. The second kappa shape index (κ2) is 10.6. The van der Waals surface area contributed by atoms with Crippen LogP contribution in [0, 0.1) is 0 Å². The molecule has 39 heavy (non-hydrogen) atoms. The Kier molecular flexibility index (Phi) is 7.03. The molecule has 1 aromatic carbocycles. The predicted molar refractivity (Wildman–Crippen MR) is 142 cm³/mol. The normalized spacial score (nSPS) is 24.3. The summed E-state index contributed by atoms with van der Waals surface area (Å²) in [7, 11) is 0. The van der Waals surface area contributed by atoms with E-state index in [9.17, 15) is 18.4 Å². The van der Waals surface area contributed by atoms with Gasteiger partial charge in [-0.05, 0) is 42.9 Å². The van der Waals surface area contributed by atoms with Crippen LogP contribution in [0.4, 0.5) is 24.2 Å². The summed E-state index contributed by atoms with van der Waals surface area (Å²) in [6.07, 6.45) is 2.69. The van der Waals surface area contributed by atoms with Crippen molar-refractivity contribution in [2.24, 2.45) is 0 Å². The molecule has 2 unspecified atom stereocenters. The fraction of sp³-hybridized carbons (Fsp3) is 0.552. The minimum Gasteiger partial charge on any atom is -0.445 e. The fourth-order valence-electron chi connectivity index (χ4n) is 6.41. The van der Waals surface area contributed by atoms with Gasteiger partial charge in [-0.25, -0.2) is 23.4 Å². The summed E-state index contributed by atoms with van der Waals surface area (Å²) in [4.78, 5) is 36.5. The van der Waals surface area contributed by atoms with Crippen molar-refractivity contribution in [3.05, 3.63) is 59.3 Å². The van der Waals surface area contributed by atoms with E-state index in [0.717, 1.165) is 35.5 Å². The Labute approximate surface area is 227 Å². The molecule has 0 spiro atoms. The van der Waals surface area contributed by atoms with Crippen LogP contribution >= 0.6 is 0 Å². The van der Waals surface area contributed by atoms with Gasteiger partial charge >= 0.3 is 12.1 Å². The monoisotopic (exact) mass is 539 g/mol. The van der Waals surface area contributed by atoms with Gasteiger partial charge in [-0.15, -0.1) is 0 Å². The summed E-state index contributed by atoms with van der Waals surface area (Å²) >= 11 is 0. The largest absolute Gasteiger partial charge is 0.445 e. The highest BCUT2D eigenvalue weighted by atomic mass is 19.3. The first-order valence-corrected chi connectivity index (χ1v) is 14.0. The SMILES string of the molecule is O=C(NC1CCC(F)(F)CC1)N1CCc2nc(N3C4CCC3CN(C(=O)OCc3ccccc3)C4)ccc2C1. The van der Waals surface area contributed by atoms with Crippen molar-refractivity contribution < 1.29 is 23.1 Å². The molecule has 3 amide bonds. The molecule has 2 aromatic rings. The summed E-state index contributed by atoms with van der Waals surface area (Å²) < 4.78 is 32.5. The molecule has 2 atom stereocenters. The Balaban J connectivity index is 1.04. The van der Waals surface area contributed by atoms with Gasteiger partial charge in [0.2, 0.25) is 5.92 Å². The van der Waals surface area contributed by atoms with E-state index in [1.807, 2.05) is 41.3 Å². The minimum atomic E-state index is -2.60. The molecule has 3 fully saturated rings. The zero-order chi connectivity index (χ0) is 27.0. The van der Waals surface area contributed by atoms with Crippen LogP contribution in [0.1, 0.15) is 55.3 Å². The van der Waals surface area contributed by atoms with Crippen LogP contribution in [-0.4, -0.2) is 70.6 Å². The molecule has 2 saturated heterocycles. The number of pyridine rings is 1. The number of nitrogens with zero attached hydrogens (tertiary/aromatic N) is 4. The van der Waals surface area contributed by atoms with Gasteiger partial charge in [-0.2, -0.15) is 0 Å². The molecule has 1 aromatic heterocycles. The lowest BCUT2D eigenvalue weighted by molar-refractivity contribution is -0.0398. The second-order valence-corrected chi connectivity index (χ2v) is 11.3. The highest BCUT2D eigenvalue weighted by Crippen LogP contribution is 2.36. The number of aromatic nitrogens is 1. The van der Waals surface area contributed by atoms with Crippen molar-refractivity contribution in [2.45, 2.75) is 82.1 Å². The standard InChI is InChI=1S/C29H35F2N5O3/c30-29(31)13-10-22(11-14-29)32-27(37)34-15-12-25-21(16-34)6-9-26(33-25)36-23-7-8-24(36)18-35(17-23)28(38)39-19-20-4-2-1-3-5-20/h1-6,9,22-24H,7-8,10-19H2,(H,32,37). The molecule has 1 N–H and O–H groups in total. The lowest BCUT2D eigenvalue weighted by atomic mass is 9.92. The zero-order valence-corrected chi connectivity index (χ0v) is 22.0. The first-order valence-electron chi connectivity index (χ1n) is 14.0. The Morgan fingerprint density at radius 3 is 2.41 bits per heavy atom. The summed E-state index contributed by atoms with van der Waals surface area (Å²) in [5.41, 5.74) is 2.99. The number of benzene rings is 1. The molecule has 0 radical (unpaired) electrons. The number of likely N-dealkylation sites (tertiary alicyclic amines) is 1. The number of amides is 3. The van der Waals surface area contributed by atoms with Crippen molar-refractivity contribution in [1.29, 1.82) is 0 Å². The molecule has 10 heteroatoms. The van der Waals surface area contributed by atoms with E-state index in [2.05, 4.69) is 16.3 Å². The number of rotatable bonds is 4. The van der Waals surface area contributed by atoms with E-state index in [-0.39, 0.29) is 49.7 Å². The van der Waals surface area contributed by atoms with E-state index < -0.39 is 5.92 Å². The van der Waals surface area contributed by atoms with E-state index in [1.54, 1.807) is 4.90 Å². The molecule has 4 aliphatic rings. The fourth-order valence-corrected chi connectivity index (χ4v) is 6.41. The predicted octanol–water partition coefficient (Wildman–Crippen LogP) is 4.72. The third kappa shape index (κ3) is 5.65. The third-order valence-corrected chi connectivity index (χ3v) is 8.58. The quantitative estimate of drug-likeness (QED) is 0.609. The molecule has 4 heterocycles. The maximum absolute atomic E-state index is 13.4. The molecule has 1 saturated carbocycles. The van der Waals surface area contributed by atoms with Gasteiger partial charge in [0, 0.05) is 69.3 Å². The zero-order valence-electron chi connectivity index (χ0n) is 22.0. The second-order valence-electron chi connectivity index (χ2n) is 11.3. The Bertz CT molecular complexity index is 1190. The number of carbonyl (C=O) groups excluding carboxylic acids is 2. The third-order valence-electron chi connectivity index (χ3n) is 8.58. The topological polar surface area (TPSA) is 78.0 Å². The van der Waals surface area contributed by atoms with E-state index in [4.69, 9.17) is 9.72 Å². The van der Waals surface area contributed by atoms with Crippen LogP contribution in [0.2, 0.25) is 0 Å². The van der Waals surface area contributed by atoms with Crippen molar-refractivity contribution >= 4 is 17.9 Å². The number of hydrogen-bond donors (Lipinski definition) is 1. The number of alkyl halides is 2. The van der Waals surface area contributed by atoms with Crippen molar-refractivity contribution in [1.82, 2.24) is 20.1 Å². The number of ether oxygens (including phenoxy) is 1.